The second kappa shape index (κ2) is 8.65. The molecule has 23 heavy (non-hydrogen) atoms. The number of pyridine rings is 1. The average molecular weight is 318 g/mol. The van der Waals surface area contributed by atoms with Crippen molar-refractivity contribution in [1.82, 2.24) is 9.88 Å². The minimum Gasteiger partial charge on any atom is -0.469 e. The largest absolute Gasteiger partial charge is 0.469 e. The molecule has 0 saturated heterocycles. The molecule has 0 aliphatic heterocycles. The Hall–Kier alpha value is -1.91. The van der Waals surface area contributed by atoms with Gasteiger partial charge in [0.15, 0.2) is 0 Å². The molecule has 1 aliphatic rings. The molecule has 0 bridgehead atoms. The number of methoxy groups -OCH3 is 1. The molecule has 5 heteroatoms. The first-order valence-corrected chi connectivity index (χ1v) is 8.37. The molecular formula is C18H26N2O3. The number of nitrogens with zero attached hydrogens (tertiary/aromatic N) is 2. The Morgan fingerprint density at radius 2 is 2.09 bits per heavy atom. The van der Waals surface area contributed by atoms with Gasteiger partial charge >= 0.3 is 5.97 Å². The molecule has 1 aromatic rings. The van der Waals surface area contributed by atoms with Gasteiger partial charge in [0, 0.05) is 31.4 Å². The van der Waals surface area contributed by atoms with Crippen molar-refractivity contribution < 1.29 is 14.3 Å². The van der Waals surface area contributed by atoms with Crippen LogP contribution in [0.25, 0.3) is 0 Å². The van der Waals surface area contributed by atoms with Gasteiger partial charge in [-0.1, -0.05) is 32.3 Å². The van der Waals surface area contributed by atoms with E-state index in [9.17, 15) is 9.59 Å². The van der Waals surface area contributed by atoms with Crippen molar-refractivity contribution >= 4 is 11.9 Å². The fraction of sp³-hybridized carbons (Fsp3) is 0.611. The van der Waals surface area contributed by atoms with Gasteiger partial charge in [-0.3, -0.25) is 14.6 Å². The van der Waals surface area contributed by atoms with E-state index in [4.69, 9.17) is 4.74 Å². The molecule has 1 unspecified atom stereocenters. The number of hydrogen-bond donors (Lipinski definition) is 0. The summed E-state index contributed by atoms with van der Waals surface area (Å²) in [6, 6.07) is 3.82. The van der Waals surface area contributed by atoms with E-state index in [0.29, 0.717) is 13.1 Å². The van der Waals surface area contributed by atoms with Crippen molar-refractivity contribution in [3.8, 4) is 0 Å². The fourth-order valence-corrected chi connectivity index (χ4v) is 3.16. The van der Waals surface area contributed by atoms with Crippen molar-refractivity contribution in [1.29, 1.82) is 0 Å². The molecule has 1 heterocycles. The van der Waals surface area contributed by atoms with Crippen LogP contribution in [0.3, 0.4) is 0 Å². The summed E-state index contributed by atoms with van der Waals surface area (Å²) in [5.74, 6) is -0.364. The summed E-state index contributed by atoms with van der Waals surface area (Å²) in [5, 5.41) is 0. The number of esters is 1. The number of ether oxygens (including phenoxy) is 1. The molecular weight excluding hydrogens is 292 g/mol. The Bertz CT molecular complexity index is 512. The van der Waals surface area contributed by atoms with Crippen molar-refractivity contribution in [2.24, 2.45) is 11.8 Å². The first-order chi connectivity index (χ1) is 11.1. The summed E-state index contributed by atoms with van der Waals surface area (Å²) in [6.45, 7) is 2.68. The van der Waals surface area contributed by atoms with Crippen LogP contribution in [0.15, 0.2) is 24.5 Å². The molecule has 1 atom stereocenters. The lowest BCUT2D eigenvalue weighted by atomic mass is 9.88. The molecule has 1 amide bonds. The molecule has 1 aromatic heterocycles. The zero-order valence-corrected chi connectivity index (χ0v) is 14.0. The highest BCUT2D eigenvalue weighted by atomic mass is 16.5. The van der Waals surface area contributed by atoms with Crippen LogP contribution in [0.5, 0.6) is 0 Å². The number of hydrogen-bond acceptors (Lipinski definition) is 4. The topological polar surface area (TPSA) is 59.5 Å². The van der Waals surface area contributed by atoms with Crippen LogP contribution in [-0.4, -0.2) is 35.4 Å². The fourth-order valence-electron chi connectivity index (χ4n) is 3.16. The highest BCUT2D eigenvalue weighted by molar-refractivity contribution is 5.80. The third kappa shape index (κ3) is 5.05. The van der Waals surface area contributed by atoms with E-state index in [2.05, 4.69) is 4.98 Å². The van der Waals surface area contributed by atoms with Crippen molar-refractivity contribution in [3.63, 3.8) is 0 Å². The third-order valence-electron chi connectivity index (χ3n) is 4.46. The van der Waals surface area contributed by atoms with E-state index < -0.39 is 0 Å². The number of aromatic nitrogens is 1. The Morgan fingerprint density at radius 3 is 2.70 bits per heavy atom. The second-order valence-corrected chi connectivity index (χ2v) is 6.34. The maximum atomic E-state index is 12.9. The zero-order valence-electron chi connectivity index (χ0n) is 14.0. The maximum Gasteiger partial charge on any atom is 0.310 e. The molecule has 0 radical (unpaired) electrons. The summed E-state index contributed by atoms with van der Waals surface area (Å²) in [5.41, 5.74) is 0.980. The van der Waals surface area contributed by atoms with Gasteiger partial charge in [-0.25, -0.2) is 0 Å². The predicted octanol–water partition coefficient (Wildman–Crippen LogP) is 2.80. The predicted molar refractivity (Wildman–Crippen MR) is 87.4 cm³/mol. The molecule has 1 fully saturated rings. The molecule has 0 spiro atoms. The molecule has 1 saturated carbocycles. The number of rotatable bonds is 6. The minimum absolute atomic E-state index is 0.0882. The summed E-state index contributed by atoms with van der Waals surface area (Å²) in [4.78, 5) is 30.5. The number of carbonyl (C=O) groups excluding carboxylic acids is 2. The van der Waals surface area contributed by atoms with Gasteiger partial charge in [-0.05, 0) is 24.5 Å². The third-order valence-corrected chi connectivity index (χ3v) is 4.46. The summed E-state index contributed by atoms with van der Waals surface area (Å²) in [6.07, 6.45) is 8.83. The zero-order chi connectivity index (χ0) is 16.7. The lowest BCUT2D eigenvalue weighted by Crippen LogP contribution is -2.40. The van der Waals surface area contributed by atoms with Gasteiger partial charge in [0.25, 0.3) is 0 Å². The van der Waals surface area contributed by atoms with Crippen LogP contribution in [-0.2, 0) is 20.9 Å². The van der Waals surface area contributed by atoms with Gasteiger partial charge in [-0.2, -0.15) is 0 Å². The number of carbonyl (C=O) groups is 2. The van der Waals surface area contributed by atoms with Crippen LogP contribution in [0.4, 0.5) is 0 Å². The van der Waals surface area contributed by atoms with E-state index in [1.165, 1.54) is 13.5 Å². The van der Waals surface area contributed by atoms with Crippen LogP contribution in [0.2, 0.25) is 0 Å². The quantitative estimate of drug-likeness (QED) is 0.757. The summed E-state index contributed by atoms with van der Waals surface area (Å²) < 4.78 is 4.80. The highest BCUT2D eigenvalue weighted by Crippen LogP contribution is 2.26. The molecule has 2 rings (SSSR count). The molecule has 5 nitrogen and oxygen atoms in total. The first-order valence-electron chi connectivity index (χ1n) is 8.37. The van der Waals surface area contributed by atoms with Crippen molar-refractivity contribution in [3.05, 3.63) is 30.1 Å². The van der Waals surface area contributed by atoms with Gasteiger partial charge in [0.05, 0.1) is 13.0 Å². The lowest BCUT2D eigenvalue weighted by molar-refractivity contribution is -0.147. The smallest absolute Gasteiger partial charge is 0.310 e. The monoisotopic (exact) mass is 318 g/mol. The van der Waals surface area contributed by atoms with Gasteiger partial charge in [0.1, 0.15) is 0 Å². The van der Waals surface area contributed by atoms with Gasteiger partial charge in [0.2, 0.25) is 5.91 Å². The van der Waals surface area contributed by atoms with E-state index in [0.717, 1.165) is 31.2 Å². The number of amides is 1. The Kier molecular flexibility index (Phi) is 6.56. The van der Waals surface area contributed by atoms with Crippen LogP contribution in [0, 0.1) is 11.8 Å². The van der Waals surface area contributed by atoms with Crippen molar-refractivity contribution in [2.45, 2.75) is 45.6 Å². The standard InChI is InChI=1S/C18H26N2O3/c1-14(18(22)23-2)12-20(13-15-7-6-10-19-11-15)17(21)16-8-4-3-5-9-16/h6-7,10-11,14,16H,3-5,8-9,12-13H2,1-2H3. The summed E-state index contributed by atoms with van der Waals surface area (Å²) >= 11 is 0. The normalized spacial score (nSPS) is 16.6. The van der Waals surface area contributed by atoms with Crippen molar-refractivity contribution in [2.75, 3.05) is 13.7 Å². The Labute approximate surface area is 138 Å². The SMILES string of the molecule is COC(=O)C(C)CN(Cc1cccnc1)C(=O)C1CCCCC1. The Morgan fingerprint density at radius 1 is 1.35 bits per heavy atom. The maximum absolute atomic E-state index is 12.9. The van der Waals surface area contributed by atoms with E-state index in [1.807, 2.05) is 12.1 Å². The highest BCUT2D eigenvalue weighted by Gasteiger charge is 2.28. The summed E-state index contributed by atoms with van der Waals surface area (Å²) in [7, 11) is 1.38. The molecule has 126 valence electrons. The second-order valence-electron chi connectivity index (χ2n) is 6.34. The van der Waals surface area contributed by atoms with E-state index in [1.54, 1.807) is 24.2 Å². The lowest BCUT2D eigenvalue weighted by Gasteiger charge is -2.30. The first kappa shape index (κ1) is 17.4. The van der Waals surface area contributed by atoms with Crippen LogP contribution in [0.1, 0.15) is 44.6 Å². The minimum atomic E-state index is -0.329. The van der Waals surface area contributed by atoms with E-state index >= 15 is 0 Å². The van der Waals surface area contributed by atoms with E-state index in [-0.39, 0.29) is 23.7 Å². The molecule has 0 aromatic carbocycles. The molecule has 1 aliphatic carbocycles. The van der Waals surface area contributed by atoms with Gasteiger partial charge < -0.3 is 9.64 Å². The van der Waals surface area contributed by atoms with Gasteiger partial charge in [-0.15, -0.1) is 0 Å². The van der Waals surface area contributed by atoms with Crippen LogP contribution >= 0.6 is 0 Å². The molecule has 0 N–H and O–H groups in total. The average Bonchev–Trinajstić information content (AvgIpc) is 2.61. The van der Waals surface area contributed by atoms with Crippen LogP contribution < -0.4 is 0 Å². The Balaban J connectivity index is 2.09.